The van der Waals surface area contributed by atoms with Crippen LogP contribution in [0, 0.1) is 29.6 Å². The van der Waals surface area contributed by atoms with Crippen LogP contribution in [0.25, 0.3) is 0 Å². The second kappa shape index (κ2) is 4.53. The fourth-order valence-corrected chi connectivity index (χ4v) is 4.48. The van der Waals surface area contributed by atoms with Crippen LogP contribution in [0.1, 0.15) is 32.6 Å². The van der Waals surface area contributed by atoms with Crippen molar-refractivity contribution in [1.29, 1.82) is 0 Å². The Morgan fingerprint density at radius 2 is 2.17 bits per heavy atom. The lowest BCUT2D eigenvalue weighted by atomic mass is 9.74. The molecule has 5 atom stereocenters. The average Bonchev–Trinajstić information content (AvgIpc) is 2.97. The predicted molar refractivity (Wildman–Crippen MR) is 74.0 cm³/mol. The molecule has 3 aliphatic rings. The Kier molecular flexibility index (Phi) is 3.01. The maximum Gasteiger partial charge on any atom is 0.155 e. The summed E-state index contributed by atoms with van der Waals surface area (Å²) in [5.41, 5.74) is 0.954. The van der Waals surface area contributed by atoms with E-state index < -0.39 is 0 Å². The number of carbonyl (C=O) groups is 1. The van der Waals surface area contributed by atoms with Crippen molar-refractivity contribution in [3.8, 4) is 0 Å². The predicted octanol–water partition coefficient (Wildman–Crippen LogP) is 3.93. The number of fused-ring (bicyclic) bond motifs is 5. The third kappa shape index (κ3) is 2.00. The Morgan fingerprint density at radius 3 is 2.94 bits per heavy atom. The molecule has 0 amide bonds. The van der Waals surface area contributed by atoms with E-state index in [0.717, 1.165) is 35.7 Å². The number of hydrogen-bond acceptors (Lipinski definition) is 1. The van der Waals surface area contributed by atoms with Crippen molar-refractivity contribution in [3.05, 3.63) is 36.5 Å². The molecule has 3 aliphatic carbocycles. The summed E-state index contributed by atoms with van der Waals surface area (Å²) in [6, 6.07) is 0. The molecule has 0 spiro atoms. The standard InChI is InChI=1S/C17H22O/c1-11(2)6-7-14(18)9-12-8-13-10-17(12)16-5-3-4-15(13)16/h3,5-7,12-13,15-17H,1,4,8-10H2,2H3/b7-6+. The molecule has 0 saturated heterocycles. The van der Waals surface area contributed by atoms with E-state index >= 15 is 0 Å². The number of ketones is 1. The van der Waals surface area contributed by atoms with Gasteiger partial charge >= 0.3 is 0 Å². The number of carbonyl (C=O) groups excluding carboxylic acids is 1. The van der Waals surface area contributed by atoms with Gasteiger partial charge in [-0.15, -0.1) is 0 Å². The quantitative estimate of drug-likeness (QED) is 0.415. The van der Waals surface area contributed by atoms with Gasteiger partial charge in [0.1, 0.15) is 0 Å². The van der Waals surface area contributed by atoms with Crippen LogP contribution in [0.4, 0.5) is 0 Å². The summed E-state index contributed by atoms with van der Waals surface area (Å²) in [6.07, 6.45) is 13.1. The maximum atomic E-state index is 11.9. The van der Waals surface area contributed by atoms with Crippen molar-refractivity contribution >= 4 is 5.78 Å². The van der Waals surface area contributed by atoms with Crippen LogP contribution in [-0.2, 0) is 4.79 Å². The van der Waals surface area contributed by atoms with Crippen LogP contribution in [0.2, 0.25) is 0 Å². The lowest BCUT2D eigenvalue weighted by Gasteiger charge is -2.30. The molecular formula is C17H22O. The van der Waals surface area contributed by atoms with Gasteiger partial charge in [0, 0.05) is 6.42 Å². The van der Waals surface area contributed by atoms with E-state index in [9.17, 15) is 4.79 Å². The molecule has 5 unspecified atom stereocenters. The molecule has 2 fully saturated rings. The summed E-state index contributed by atoms with van der Waals surface area (Å²) in [5.74, 6) is 4.34. The fourth-order valence-electron chi connectivity index (χ4n) is 4.48. The van der Waals surface area contributed by atoms with Crippen LogP contribution in [-0.4, -0.2) is 5.78 Å². The van der Waals surface area contributed by atoms with Gasteiger partial charge in [-0.2, -0.15) is 0 Å². The first kappa shape index (κ1) is 12.0. The summed E-state index contributed by atoms with van der Waals surface area (Å²) < 4.78 is 0. The van der Waals surface area contributed by atoms with E-state index in [1.807, 2.05) is 13.0 Å². The van der Waals surface area contributed by atoms with Crippen molar-refractivity contribution < 1.29 is 4.79 Å². The normalized spacial score (nSPS) is 40.6. The van der Waals surface area contributed by atoms with E-state index in [1.165, 1.54) is 19.3 Å². The molecule has 0 N–H and O–H groups in total. The van der Waals surface area contributed by atoms with Gasteiger partial charge in [-0.25, -0.2) is 0 Å². The Labute approximate surface area is 110 Å². The van der Waals surface area contributed by atoms with Gasteiger partial charge in [-0.1, -0.05) is 30.4 Å². The van der Waals surface area contributed by atoms with Gasteiger partial charge in [-0.3, -0.25) is 4.79 Å². The van der Waals surface area contributed by atoms with E-state index in [1.54, 1.807) is 6.08 Å². The number of rotatable bonds is 4. The van der Waals surface area contributed by atoms with Gasteiger partial charge in [0.25, 0.3) is 0 Å². The number of allylic oxidation sites excluding steroid dienone is 5. The Morgan fingerprint density at radius 1 is 1.33 bits per heavy atom. The average molecular weight is 242 g/mol. The molecule has 0 heterocycles. The van der Waals surface area contributed by atoms with Crippen LogP contribution in [0.5, 0.6) is 0 Å². The molecule has 0 aliphatic heterocycles. The van der Waals surface area contributed by atoms with Gasteiger partial charge in [-0.05, 0) is 61.9 Å². The lowest BCUT2D eigenvalue weighted by Crippen LogP contribution is -2.25. The molecule has 96 valence electrons. The summed E-state index contributed by atoms with van der Waals surface area (Å²) in [4.78, 5) is 11.9. The molecular weight excluding hydrogens is 220 g/mol. The largest absolute Gasteiger partial charge is 0.295 e. The molecule has 2 saturated carbocycles. The van der Waals surface area contributed by atoms with Gasteiger partial charge in [0.05, 0.1) is 0 Å². The van der Waals surface area contributed by atoms with Crippen LogP contribution in [0.15, 0.2) is 36.5 Å². The highest BCUT2D eigenvalue weighted by atomic mass is 16.1. The highest BCUT2D eigenvalue weighted by Gasteiger charge is 2.52. The molecule has 0 radical (unpaired) electrons. The molecule has 3 rings (SSSR count). The fraction of sp³-hybridized carbons (Fsp3) is 0.588. The summed E-state index contributed by atoms with van der Waals surface area (Å²) in [6.45, 7) is 5.72. The molecule has 0 aromatic rings. The van der Waals surface area contributed by atoms with Gasteiger partial charge < -0.3 is 0 Å². The van der Waals surface area contributed by atoms with Crippen molar-refractivity contribution in [1.82, 2.24) is 0 Å². The summed E-state index contributed by atoms with van der Waals surface area (Å²) >= 11 is 0. The van der Waals surface area contributed by atoms with E-state index in [-0.39, 0.29) is 5.78 Å². The minimum atomic E-state index is 0.286. The second-order valence-electron chi connectivity index (χ2n) is 6.41. The van der Waals surface area contributed by atoms with E-state index in [0.29, 0.717) is 5.92 Å². The topological polar surface area (TPSA) is 17.1 Å². The SMILES string of the molecule is C=C(C)/C=C/C(=O)CC1CC2CC1C1C=CCC21. The summed E-state index contributed by atoms with van der Waals surface area (Å²) in [5, 5.41) is 0. The summed E-state index contributed by atoms with van der Waals surface area (Å²) in [7, 11) is 0. The van der Waals surface area contributed by atoms with E-state index in [2.05, 4.69) is 18.7 Å². The zero-order valence-corrected chi connectivity index (χ0v) is 11.1. The maximum absolute atomic E-state index is 11.9. The molecule has 18 heavy (non-hydrogen) atoms. The minimum absolute atomic E-state index is 0.286. The smallest absolute Gasteiger partial charge is 0.155 e. The molecule has 0 aromatic heterocycles. The van der Waals surface area contributed by atoms with Crippen LogP contribution in [0.3, 0.4) is 0 Å². The zero-order valence-electron chi connectivity index (χ0n) is 11.1. The Bertz CT molecular complexity index is 429. The molecule has 2 bridgehead atoms. The molecule has 1 nitrogen and oxygen atoms in total. The second-order valence-corrected chi connectivity index (χ2v) is 6.41. The highest BCUT2D eigenvalue weighted by molar-refractivity contribution is 5.90. The third-order valence-corrected chi connectivity index (χ3v) is 5.16. The lowest BCUT2D eigenvalue weighted by molar-refractivity contribution is -0.116. The van der Waals surface area contributed by atoms with Crippen LogP contribution >= 0.6 is 0 Å². The van der Waals surface area contributed by atoms with Crippen molar-refractivity contribution in [2.24, 2.45) is 29.6 Å². The molecule has 1 heteroatoms. The zero-order chi connectivity index (χ0) is 12.7. The minimum Gasteiger partial charge on any atom is -0.295 e. The van der Waals surface area contributed by atoms with Gasteiger partial charge in [0.15, 0.2) is 5.78 Å². The Hall–Kier alpha value is -1.11. The first-order chi connectivity index (χ1) is 8.65. The first-order valence-electron chi connectivity index (χ1n) is 7.18. The van der Waals surface area contributed by atoms with Crippen LogP contribution < -0.4 is 0 Å². The van der Waals surface area contributed by atoms with Crippen molar-refractivity contribution in [2.75, 3.05) is 0 Å². The molecule has 0 aromatic carbocycles. The third-order valence-electron chi connectivity index (χ3n) is 5.16. The Balaban J connectivity index is 1.61. The van der Waals surface area contributed by atoms with E-state index in [4.69, 9.17) is 0 Å². The van der Waals surface area contributed by atoms with Crippen molar-refractivity contribution in [2.45, 2.75) is 32.6 Å². The van der Waals surface area contributed by atoms with Crippen molar-refractivity contribution in [3.63, 3.8) is 0 Å². The van der Waals surface area contributed by atoms with Gasteiger partial charge in [0.2, 0.25) is 0 Å². The first-order valence-corrected chi connectivity index (χ1v) is 7.18. The number of hydrogen-bond donors (Lipinski definition) is 0. The highest BCUT2D eigenvalue weighted by Crippen LogP contribution is 2.59. The monoisotopic (exact) mass is 242 g/mol.